The number of amidine groups is 1. The number of carbonyl (C=O) groups is 3. The van der Waals surface area contributed by atoms with Gasteiger partial charge in [-0.2, -0.15) is 0 Å². The Hall–Kier alpha value is -3.59. The lowest BCUT2D eigenvalue weighted by molar-refractivity contribution is -0.137. The van der Waals surface area contributed by atoms with Crippen LogP contribution in [0, 0.1) is 0 Å². The Labute approximate surface area is 172 Å². The minimum Gasteiger partial charge on any atom is -0.466 e. The summed E-state index contributed by atoms with van der Waals surface area (Å²) in [4.78, 5) is 40.2. The number of methoxy groups -OCH3 is 2. The number of amides is 1. The number of hydrazine groups is 1. The van der Waals surface area contributed by atoms with Crippen molar-refractivity contribution < 1.29 is 23.9 Å². The zero-order chi connectivity index (χ0) is 21.1. The first-order chi connectivity index (χ1) is 14.0. The molecule has 0 aliphatic carbocycles. The lowest BCUT2D eigenvalue weighted by Gasteiger charge is -2.12. The molecule has 2 aromatic carbocycles. The molecule has 0 aliphatic heterocycles. The summed E-state index contributed by atoms with van der Waals surface area (Å²) in [6, 6.07) is 17.4. The van der Waals surface area contributed by atoms with Crippen molar-refractivity contribution in [3.8, 4) is 0 Å². The lowest BCUT2D eigenvalue weighted by atomic mass is 10.2. The zero-order valence-corrected chi connectivity index (χ0v) is 16.6. The molecule has 9 heteroatoms. The van der Waals surface area contributed by atoms with Gasteiger partial charge in [-0.15, -0.1) is 0 Å². The molecule has 0 heterocycles. The standard InChI is InChI=1S/C20H19N3O5S/c1-27-17(24)13-16(19(26)28-2)29-20(21-15-11-7-4-8-12-15)23-22-18(25)14-9-5-3-6-10-14/h3-13H,1-2H3,(H,21,23)(H,22,25)/b16-13-. The Morgan fingerprint density at radius 3 is 2.10 bits per heavy atom. The number of para-hydroxylation sites is 1. The Morgan fingerprint density at radius 1 is 0.897 bits per heavy atom. The maximum atomic E-state index is 12.3. The summed E-state index contributed by atoms with van der Waals surface area (Å²) in [5.41, 5.74) is 6.19. The van der Waals surface area contributed by atoms with Crippen molar-refractivity contribution in [2.75, 3.05) is 14.2 Å². The molecule has 0 saturated carbocycles. The number of aliphatic imine (C=N–C) groups is 1. The molecule has 2 rings (SSSR count). The topological polar surface area (TPSA) is 106 Å². The van der Waals surface area contributed by atoms with E-state index in [1.54, 1.807) is 54.6 Å². The first kappa shape index (κ1) is 21.7. The van der Waals surface area contributed by atoms with Crippen LogP contribution in [0.5, 0.6) is 0 Å². The average Bonchev–Trinajstić information content (AvgIpc) is 2.77. The normalized spacial score (nSPS) is 11.4. The summed E-state index contributed by atoms with van der Waals surface area (Å²) < 4.78 is 9.26. The monoisotopic (exact) mass is 413 g/mol. The first-order valence-corrected chi connectivity index (χ1v) is 9.16. The number of nitrogens with zero attached hydrogens (tertiary/aromatic N) is 1. The second kappa shape index (κ2) is 11.3. The van der Waals surface area contributed by atoms with Crippen LogP contribution >= 0.6 is 11.8 Å². The van der Waals surface area contributed by atoms with Gasteiger partial charge in [-0.3, -0.25) is 15.6 Å². The van der Waals surface area contributed by atoms with E-state index in [1.807, 2.05) is 6.07 Å². The van der Waals surface area contributed by atoms with Crippen molar-refractivity contribution in [1.29, 1.82) is 0 Å². The molecule has 0 fully saturated rings. The molecule has 0 aliphatic rings. The third-order valence-electron chi connectivity index (χ3n) is 3.35. The summed E-state index contributed by atoms with van der Waals surface area (Å²) in [6.45, 7) is 0. The van der Waals surface area contributed by atoms with Crippen LogP contribution in [0.25, 0.3) is 0 Å². The molecular formula is C20H19N3O5S. The first-order valence-electron chi connectivity index (χ1n) is 8.34. The molecule has 1 amide bonds. The molecule has 2 aromatic rings. The van der Waals surface area contributed by atoms with Gasteiger partial charge in [0.05, 0.1) is 19.9 Å². The van der Waals surface area contributed by atoms with Gasteiger partial charge < -0.3 is 9.47 Å². The van der Waals surface area contributed by atoms with Crippen LogP contribution in [0.1, 0.15) is 10.4 Å². The summed E-state index contributed by atoms with van der Waals surface area (Å²) in [7, 11) is 2.38. The maximum Gasteiger partial charge on any atom is 0.345 e. The zero-order valence-electron chi connectivity index (χ0n) is 15.7. The molecule has 29 heavy (non-hydrogen) atoms. The number of benzene rings is 2. The van der Waals surface area contributed by atoms with Crippen molar-refractivity contribution in [3.63, 3.8) is 0 Å². The van der Waals surface area contributed by atoms with Crippen LogP contribution in [-0.4, -0.2) is 37.2 Å². The summed E-state index contributed by atoms with van der Waals surface area (Å²) >= 11 is 0.808. The van der Waals surface area contributed by atoms with E-state index in [0.29, 0.717) is 11.3 Å². The third-order valence-corrected chi connectivity index (χ3v) is 4.24. The number of carbonyl (C=O) groups excluding carboxylic acids is 3. The predicted octanol–water partition coefficient (Wildman–Crippen LogP) is 2.57. The van der Waals surface area contributed by atoms with Crippen molar-refractivity contribution >= 4 is 40.5 Å². The summed E-state index contributed by atoms with van der Waals surface area (Å²) in [5, 5.41) is 0.140. The largest absolute Gasteiger partial charge is 0.466 e. The van der Waals surface area contributed by atoms with E-state index in [1.165, 1.54) is 14.2 Å². The Kier molecular flexibility index (Phi) is 8.46. The van der Waals surface area contributed by atoms with Crippen LogP contribution in [0.2, 0.25) is 0 Å². The fourth-order valence-corrected chi connectivity index (χ4v) is 2.75. The quantitative estimate of drug-likeness (QED) is 0.255. The minimum atomic E-state index is -0.752. The number of thioether (sulfide) groups is 1. The van der Waals surface area contributed by atoms with Gasteiger partial charge in [-0.05, 0) is 36.0 Å². The highest BCUT2D eigenvalue weighted by Gasteiger charge is 2.17. The second-order valence-corrected chi connectivity index (χ2v) is 6.35. The van der Waals surface area contributed by atoms with Crippen molar-refractivity contribution in [2.24, 2.45) is 4.99 Å². The molecule has 0 unspecified atom stereocenters. The molecule has 0 radical (unpaired) electrons. The van der Waals surface area contributed by atoms with E-state index in [-0.39, 0.29) is 10.1 Å². The van der Waals surface area contributed by atoms with Crippen molar-refractivity contribution in [1.82, 2.24) is 10.9 Å². The lowest BCUT2D eigenvalue weighted by Crippen LogP contribution is -2.40. The number of nitrogens with one attached hydrogen (secondary N) is 2. The van der Waals surface area contributed by atoms with E-state index in [2.05, 4.69) is 20.6 Å². The molecule has 2 N–H and O–H groups in total. The Morgan fingerprint density at radius 2 is 1.52 bits per heavy atom. The fraction of sp³-hybridized carbons (Fsp3) is 0.100. The summed E-state index contributed by atoms with van der Waals surface area (Å²) in [5.74, 6) is -1.88. The molecule has 0 aromatic heterocycles. The van der Waals surface area contributed by atoms with Crippen molar-refractivity contribution in [3.05, 3.63) is 77.2 Å². The molecular weight excluding hydrogens is 394 g/mol. The number of ether oxygens (including phenoxy) is 2. The van der Waals surface area contributed by atoms with E-state index in [9.17, 15) is 14.4 Å². The summed E-state index contributed by atoms with van der Waals surface area (Å²) in [6.07, 6.45) is 0.984. The number of hydrogen-bond donors (Lipinski definition) is 2. The van der Waals surface area contributed by atoms with Gasteiger partial charge in [0, 0.05) is 11.6 Å². The highest BCUT2D eigenvalue weighted by atomic mass is 32.2. The average molecular weight is 413 g/mol. The Balaban J connectivity index is 2.25. The van der Waals surface area contributed by atoms with Gasteiger partial charge in [0.15, 0.2) is 5.17 Å². The Bertz CT molecular complexity index is 914. The molecule has 0 saturated heterocycles. The molecule has 0 spiro atoms. The molecule has 8 nitrogen and oxygen atoms in total. The smallest absolute Gasteiger partial charge is 0.345 e. The van der Waals surface area contributed by atoms with E-state index >= 15 is 0 Å². The highest BCUT2D eigenvalue weighted by molar-refractivity contribution is 8.17. The predicted molar refractivity (Wildman–Crippen MR) is 110 cm³/mol. The van der Waals surface area contributed by atoms with E-state index in [4.69, 9.17) is 4.74 Å². The van der Waals surface area contributed by atoms with Gasteiger partial charge in [-0.25, -0.2) is 14.6 Å². The van der Waals surface area contributed by atoms with E-state index in [0.717, 1.165) is 17.8 Å². The third kappa shape index (κ3) is 7.15. The van der Waals surface area contributed by atoms with Gasteiger partial charge in [0.1, 0.15) is 4.91 Å². The van der Waals surface area contributed by atoms with Gasteiger partial charge in [-0.1, -0.05) is 36.4 Å². The van der Waals surface area contributed by atoms with E-state index < -0.39 is 17.8 Å². The van der Waals surface area contributed by atoms with Gasteiger partial charge >= 0.3 is 11.9 Å². The van der Waals surface area contributed by atoms with Crippen LogP contribution in [0.4, 0.5) is 5.69 Å². The molecule has 0 atom stereocenters. The van der Waals surface area contributed by atoms with Crippen molar-refractivity contribution in [2.45, 2.75) is 0 Å². The fourth-order valence-electron chi connectivity index (χ4n) is 1.97. The second-order valence-electron chi connectivity index (χ2n) is 5.32. The van der Waals surface area contributed by atoms with Gasteiger partial charge in [0.25, 0.3) is 5.91 Å². The number of hydrogen-bond acceptors (Lipinski definition) is 7. The van der Waals surface area contributed by atoms with Crippen LogP contribution in [-0.2, 0) is 19.1 Å². The van der Waals surface area contributed by atoms with Crippen LogP contribution in [0.3, 0.4) is 0 Å². The van der Waals surface area contributed by atoms with Crippen LogP contribution in [0.15, 0.2) is 76.6 Å². The minimum absolute atomic E-state index is 0.0736. The number of esters is 2. The number of rotatable bonds is 5. The molecule has 0 bridgehead atoms. The SMILES string of the molecule is COC(=O)/C=C(\SC(=Nc1ccccc1)NNC(=O)c1ccccc1)C(=O)OC. The maximum absolute atomic E-state index is 12.3. The highest BCUT2D eigenvalue weighted by Crippen LogP contribution is 2.21. The van der Waals surface area contributed by atoms with Gasteiger partial charge in [0.2, 0.25) is 0 Å². The van der Waals surface area contributed by atoms with Crippen LogP contribution < -0.4 is 10.9 Å². The molecule has 150 valence electrons.